The van der Waals surface area contributed by atoms with Crippen molar-refractivity contribution >= 4 is 24.0 Å². The lowest BCUT2D eigenvalue weighted by Gasteiger charge is -2.10. The Bertz CT molecular complexity index is 657. The Morgan fingerprint density at radius 2 is 1.83 bits per heavy atom. The lowest BCUT2D eigenvalue weighted by Crippen LogP contribution is -2.27. The van der Waals surface area contributed by atoms with Crippen LogP contribution in [0.3, 0.4) is 0 Å². The fraction of sp³-hybridized carbons (Fsp3) is 0.316. The van der Waals surface area contributed by atoms with Gasteiger partial charge >= 0.3 is 0 Å². The molecule has 0 saturated heterocycles. The highest BCUT2D eigenvalue weighted by Gasteiger charge is 2.04. The van der Waals surface area contributed by atoms with Crippen LogP contribution in [-0.4, -0.2) is 19.1 Å². The van der Waals surface area contributed by atoms with Crippen LogP contribution in [0.4, 0.5) is 5.69 Å². The van der Waals surface area contributed by atoms with Gasteiger partial charge in [0.25, 0.3) is 0 Å². The largest absolute Gasteiger partial charge is 0.493 e. The molecule has 5 heteroatoms. The van der Waals surface area contributed by atoms with E-state index in [4.69, 9.17) is 10.5 Å². The van der Waals surface area contributed by atoms with Crippen molar-refractivity contribution in [2.75, 3.05) is 18.9 Å². The predicted molar refractivity (Wildman–Crippen MR) is 101 cm³/mol. The molecule has 0 aromatic heterocycles. The molecular weight excluding hydrogens is 324 g/mol. The molecule has 0 unspecified atom stereocenters. The van der Waals surface area contributed by atoms with E-state index in [-0.39, 0.29) is 18.3 Å². The number of nitrogen functional groups attached to an aromatic ring is 1. The van der Waals surface area contributed by atoms with Gasteiger partial charge in [-0.25, -0.2) is 0 Å². The molecule has 0 aliphatic heterocycles. The van der Waals surface area contributed by atoms with Crippen LogP contribution in [0.25, 0.3) is 0 Å². The molecule has 3 N–H and O–H groups in total. The van der Waals surface area contributed by atoms with Crippen LogP contribution < -0.4 is 15.8 Å². The monoisotopic (exact) mass is 348 g/mol. The van der Waals surface area contributed by atoms with Crippen molar-refractivity contribution in [2.24, 2.45) is 0 Å². The van der Waals surface area contributed by atoms with Gasteiger partial charge in [0.2, 0.25) is 5.91 Å². The first-order valence-corrected chi connectivity index (χ1v) is 7.86. The summed E-state index contributed by atoms with van der Waals surface area (Å²) in [7, 11) is 0. The molecule has 130 valence electrons. The van der Waals surface area contributed by atoms with Crippen molar-refractivity contribution in [3.8, 4) is 5.75 Å². The number of nitrogens with one attached hydrogen (secondary N) is 1. The van der Waals surface area contributed by atoms with Gasteiger partial charge in [-0.3, -0.25) is 4.79 Å². The number of rotatable bonds is 7. The Morgan fingerprint density at radius 1 is 1.12 bits per heavy atom. The van der Waals surface area contributed by atoms with Crippen molar-refractivity contribution in [1.29, 1.82) is 0 Å². The minimum Gasteiger partial charge on any atom is -0.493 e. The molecule has 0 aliphatic carbocycles. The minimum absolute atomic E-state index is 0. The first kappa shape index (κ1) is 19.8. The Kier molecular flexibility index (Phi) is 8.13. The summed E-state index contributed by atoms with van der Waals surface area (Å²) in [6.07, 6.45) is 1.15. The zero-order chi connectivity index (χ0) is 16.7. The Labute approximate surface area is 149 Å². The van der Waals surface area contributed by atoms with Crippen LogP contribution in [0.2, 0.25) is 0 Å². The van der Waals surface area contributed by atoms with E-state index in [1.54, 1.807) is 0 Å². The summed E-state index contributed by atoms with van der Waals surface area (Å²) < 4.78 is 5.67. The third-order valence-corrected chi connectivity index (χ3v) is 3.63. The molecule has 0 spiro atoms. The number of carbonyl (C=O) groups excluding carboxylic acids is 1. The second-order valence-corrected chi connectivity index (χ2v) is 5.71. The average Bonchev–Trinajstić information content (AvgIpc) is 2.51. The minimum atomic E-state index is 0. The highest BCUT2D eigenvalue weighted by Crippen LogP contribution is 2.18. The Hall–Kier alpha value is -2.20. The normalized spacial score (nSPS) is 9.92. The number of ether oxygens (including phenoxy) is 1. The topological polar surface area (TPSA) is 64.3 Å². The maximum atomic E-state index is 11.8. The average molecular weight is 349 g/mol. The van der Waals surface area contributed by atoms with Crippen molar-refractivity contribution in [3.63, 3.8) is 0 Å². The molecule has 0 bridgehead atoms. The summed E-state index contributed by atoms with van der Waals surface area (Å²) >= 11 is 0. The van der Waals surface area contributed by atoms with Gasteiger partial charge < -0.3 is 15.8 Å². The van der Waals surface area contributed by atoms with E-state index < -0.39 is 0 Å². The summed E-state index contributed by atoms with van der Waals surface area (Å²) in [5.41, 5.74) is 9.85. The van der Waals surface area contributed by atoms with Gasteiger partial charge in [0.05, 0.1) is 13.0 Å². The first-order chi connectivity index (χ1) is 11.0. The molecule has 4 nitrogen and oxygen atoms in total. The molecule has 0 atom stereocenters. The molecular formula is C19H25ClN2O2. The van der Waals surface area contributed by atoms with Crippen molar-refractivity contribution < 1.29 is 9.53 Å². The number of amides is 1. The molecule has 0 aliphatic rings. The van der Waals surface area contributed by atoms with Gasteiger partial charge in [0, 0.05) is 12.2 Å². The fourth-order valence-electron chi connectivity index (χ4n) is 2.33. The van der Waals surface area contributed by atoms with Crippen LogP contribution in [0.15, 0.2) is 42.5 Å². The number of benzene rings is 2. The van der Waals surface area contributed by atoms with E-state index in [1.807, 2.05) is 50.2 Å². The summed E-state index contributed by atoms with van der Waals surface area (Å²) in [5, 5.41) is 2.91. The van der Waals surface area contributed by atoms with E-state index in [9.17, 15) is 4.79 Å². The van der Waals surface area contributed by atoms with Gasteiger partial charge in [0.1, 0.15) is 5.75 Å². The molecule has 0 saturated carbocycles. The van der Waals surface area contributed by atoms with E-state index in [1.165, 1.54) is 5.56 Å². The lowest BCUT2D eigenvalue weighted by molar-refractivity contribution is -0.121. The number of carbonyl (C=O) groups is 1. The number of hydrogen-bond donors (Lipinski definition) is 2. The molecule has 0 fully saturated rings. The molecule has 0 heterocycles. The second kappa shape index (κ2) is 9.83. The number of nitrogens with two attached hydrogens (primary N) is 1. The molecule has 2 aromatic rings. The van der Waals surface area contributed by atoms with Gasteiger partial charge in [-0.1, -0.05) is 29.8 Å². The van der Waals surface area contributed by atoms with E-state index >= 15 is 0 Å². The van der Waals surface area contributed by atoms with Crippen LogP contribution in [0.1, 0.15) is 23.1 Å². The van der Waals surface area contributed by atoms with Crippen LogP contribution in [0, 0.1) is 13.8 Å². The highest BCUT2D eigenvalue weighted by molar-refractivity contribution is 5.85. The van der Waals surface area contributed by atoms with Crippen LogP contribution in [-0.2, 0) is 11.2 Å². The van der Waals surface area contributed by atoms with E-state index in [0.717, 1.165) is 29.0 Å². The van der Waals surface area contributed by atoms with Crippen molar-refractivity contribution in [3.05, 3.63) is 59.2 Å². The molecule has 24 heavy (non-hydrogen) atoms. The summed E-state index contributed by atoms with van der Waals surface area (Å²) in [4.78, 5) is 11.8. The lowest BCUT2D eigenvalue weighted by atomic mass is 10.1. The van der Waals surface area contributed by atoms with Crippen LogP contribution in [0.5, 0.6) is 5.75 Å². The highest BCUT2D eigenvalue weighted by atomic mass is 35.5. The zero-order valence-corrected chi connectivity index (χ0v) is 15.0. The standard InChI is InChI=1S/C19H24N2O2.ClH/c1-14-3-8-18(15(2)13-14)23-12-10-19(22)21-11-9-16-4-6-17(20)7-5-16;/h3-8,13H,9-12,20H2,1-2H3,(H,21,22);1H. The first-order valence-electron chi connectivity index (χ1n) is 7.86. The summed E-state index contributed by atoms with van der Waals surface area (Å²) in [5.74, 6) is 0.843. The second-order valence-electron chi connectivity index (χ2n) is 5.71. The number of anilines is 1. The van der Waals surface area contributed by atoms with E-state index in [2.05, 4.69) is 11.4 Å². The molecule has 1 amide bonds. The zero-order valence-electron chi connectivity index (χ0n) is 14.2. The quantitative estimate of drug-likeness (QED) is 0.753. The maximum absolute atomic E-state index is 11.8. The fourth-order valence-corrected chi connectivity index (χ4v) is 2.33. The molecule has 0 radical (unpaired) electrons. The third kappa shape index (κ3) is 6.50. The number of hydrogen-bond acceptors (Lipinski definition) is 3. The van der Waals surface area contributed by atoms with Crippen molar-refractivity contribution in [1.82, 2.24) is 5.32 Å². The number of halogens is 1. The smallest absolute Gasteiger partial charge is 0.223 e. The molecule has 2 aromatic carbocycles. The Morgan fingerprint density at radius 3 is 2.50 bits per heavy atom. The Balaban J connectivity index is 0.00000288. The van der Waals surface area contributed by atoms with Gasteiger partial charge in [-0.15, -0.1) is 12.4 Å². The predicted octanol–water partition coefficient (Wildman–Crippen LogP) is 3.44. The number of aryl methyl sites for hydroxylation is 2. The van der Waals surface area contributed by atoms with Gasteiger partial charge in [-0.2, -0.15) is 0 Å². The summed E-state index contributed by atoms with van der Waals surface area (Å²) in [6.45, 7) is 5.06. The van der Waals surface area contributed by atoms with Gasteiger partial charge in [-0.05, 0) is 49.6 Å². The maximum Gasteiger partial charge on any atom is 0.223 e. The third-order valence-electron chi connectivity index (χ3n) is 3.63. The van der Waals surface area contributed by atoms with Crippen LogP contribution >= 0.6 is 12.4 Å². The molecule has 2 rings (SSSR count). The van der Waals surface area contributed by atoms with Gasteiger partial charge in [0.15, 0.2) is 0 Å². The van der Waals surface area contributed by atoms with Crippen molar-refractivity contribution in [2.45, 2.75) is 26.7 Å². The van der Waals surface area contributed by atoms with E-state index in [0.29, 0.717) is 19.6 Å². The SMILES string of the molecule is Cc1ccc(OCCC(=O)NCCc2ccc(N)cc2)c(C)c1.Cl. The summed E-state index contributed by atoms with van der Waals surface area (Å²) in [6, 6.07) is 13.7.